The Kier molecular flexibility index (Phi) is 5.14. The number of carbonyl (C=O) groups excluding carboxylic acids is 1. The molecule has 0 saturated carbocycles. The highest BCUT2D eigenvalue weighted by Crippen LogP contribution is 2.27. The molecule has 2 aromatic heterocycles. The molecule has 7 nitrogen and oxygen atoms in total. The molecular weight excluding hydrogens is 400 g/mol. The van der Waals surface area contributed by atoms with E-state index in [1.54, 1.807) is 35.9 Å². The van der Waals surface area contributed by atoms with E-state index in [0.717, 1.165) is 17.0 Å². The van der Waals surface area contributed by atoms with Gasteiger partial charge in [0.1, 0.15) is 11.5 Å². The number of aromatic nitrogens is 3. The zero-order valence-corrected chi connectivity index (χ0v) is 16.3. The molecule has 1 amide bonds. The van der Waals surface area contributed by atoms with E-state index in [0.29, 0.717) is 15.7 Å². The molecule has 4 aromatic rings. The van der Waals surface area contributed by atoms with Crippen LogP contribution in [0, 0.1) is 0 Å². The molecule has 0 aliphatic rings. The molecule has 28 heavy (non-hydrogen) atoms. The van der Waals surface area contributed by atoms with Crippen molar-refractivity contribution >= 4 is 39.8 Å². The van der Waals surface area contributed by atoms with Gasteiger partial charge in [0.05, 0.1) is 12.8 Å². The summed E-state index contributed by atoms with van der Waals surface area (Å²) in [5.74, 6) is 1.22. The molecule has 0 aliphatic carbocycles. The van der Waals surface area contributed by atoms with Gasteiger partial charge in [-0.3, -0.25) is 10.1 Å². The summed E-state index contributed by atoms with van der Waals surface area (Å²) in [5, 5.41) is 9.60. The van der Waals surface area contributed by atoms with E-state index in [2.05, 4.69) is 15.4 Å². The van der Waals surface area contributed by atoms with Gasteiger partial charge in [0, 0.05) is 16.0 Å². The maximum absolute atomic E-state index is 12.1. The Morgan fingerprint density at radius 2 is 1.86 bits per heavy atom. The Labute approximate surface area is 169 Å². The molecule has 142 valence electrons. The van der Waals surface area contributed by atoms with Gasteiger partial charge in [0.2, 0.25) is 4.96 Å². The zero-order valence-electron chi connectivity index (χ0n) is 14.8. The van der Waals surface area contributed by atoms with Crippen molar-refractivity contribution < 1.29 is 14.3 Å². The quantitative estimate of drug-likeness (QED) is 0.513. The first kappa shape index (κ1) is 18.3. The number of halogens is 1. The molecule has 0 bridgehead atoms. The third-order valence-corrected chi connectivity index (χ3v) is 4.97. The van der Waals surface area contributed by atoms with Gasteiger partial charge in [0.15, 0.2) is 6.61 Å². The molecular formula is C19H15ClN4O3S. The number of methoxy groups -OCH3 is 1. The van der Waals surface area contributed by atoms with Crippen molar-refractivity contribution in [1.82, 2.24) is 14.6 Å². The van der Waals surface area contributed by atoms with Gasteiger partial charge in [-0.15, -0.1) is 16.4 Å². The highest BCUT2D eigenvalue weighted by molar-refractivity contribution is 7.15. The summed E-state index contributed by atoms with van der Waals surface area (Å²) >= 11 is 7.26. The number of carbonyl (C=O) groups is 1. The smallest absolute Gasteiger partial charge is 0.264 e. The van der Waals surface area contributed by atoms with Gasteiger partial charge < -0.3 is 9.47 Å². The van der Waals surface area contributed by atoms with Crippen LogP contribution >= 0.6 is 22.9 Å². The molecule has 1 N–H and O–H groups in total. The standard InChI is InChI=1S/C19H15ClN4O3S/c1-26-14-6-2-12(3-7-14)16-11-28-19-22-18(23-24(16)19)21-17(25)10-27-15-8-4-13(20)5-9-15/h2-9,11H,10H2,1H3,(H,21,23,25). The summed E-state index contributed by atoms with van der Waals surface area (Å²) in [7, 11) is 1.63. The van der Waals surface area contributed by atoms with E-state index >= 15 is 0 Å². The normalized spacial score (nSPS) is 10.8. The van der Waals surface area contributed by atoms with E-state index < -0.39 is 0 Å². The van der Waals surface area contributed by atoms with Crippen molar-refractivity contribution in [2.24, 2.45) is 0 Å². The lowest BCUT2D eigenvalue weighted by atomic mass is 10.2. The number of ether oxygens (including phenoxy) is 2. The molecule has 2 aromatic carbocycles. The first-order valence-corrected chi connectivity index (χ1v) is 9.55. The Morgan fingerprint density at radius 3 is 2.57 bits per heavy atom. The number of nitrogens with zero attached hydrogens (tertiary/aromatic N) is 3. The molecule has 2 heterocycles. The fourth-order valence-electron chi connectivity index (χ4n) is 2.53. The molecule has 0 saturated heterocycles. The number of hydrogen-bond acceptors (Lipinski definition) is 6. The van der Waals surface area contributed by atoms with E-state index in [1.807, 2.05) is 29.6 Å². The monoisotopic (exact) mass is 414 g/mol. The summed E-state index contributed by atoms with van der Waals surface area (Å²) in [4.78, 5) is 17.1. The number of hydrogen-bond donors (Lipinski definition) is 1. The van der Waals surface area contributed by atoms with Crippen LogP contribution in [0.2, 0.25) is 5.02 Å². The lowest BCUT2D eigenvalue weighted by molar-refractivity contribution is -0.118. The largest absolute Gasteiger partial charge is 0.497 e. The van der Waals surface area contributed by atoms with Crippen LogP contribution < -0.4 is 14.8 Å². The van der Waals surface area contributed by atoms with Crippen LogP contribution in [0.15, 0.2) is 53.9 Å². The number of fused-ring (bicyclic) bond motifs is 1. The molecule has 0 unspecified atom stereocenters. The van der Waals surface area contributed by atoms with Crippen LogP contribution in [0.4, 0.5) is 5.95 Å². The molecule has 0 atom stereocenters. The predicted octanol–water partition coefficient (Wildman–Crippen LogP) is 4.14. The topological polar surface area (TPSA) is 77.8 Å². The maximum Gasteiger partial charge on any atom is 0.264 e. The van der Waals surface area contributed by atoms with E-state index in [1.165, 1.54) is 11.3 Å². The van der Waals surface area contributed by atoms with Crippen LogP contribution in [0.5, 0.6) is 11.5 Å². The summed E-state index contributed by atoms with van der Waals surface area (Å²) in [5.41, 5.74) is 1.86. The second kappa shape index (κ2) is 7.87. The highest BCUT2D eigenvalue weighted by Gasteiger charge is 2.14. The SMILES string of the molecule is COc1ccc(-c2csc3nc(NC(=O)COc4ccc(Cl)cc4)nn23)cc1. The second-order valence-electron chi connectivity index (χ2n) is 5.77. The minimum absolute atomic E-state index is 0.153. The number of thiazole rings is 1. The summed E-state index contributed by atoms with van der Waals surface area (Å²) < 4.78 is 12.3. The third-order valence-electron chi connectivity index (χ3n) is 3.90. The molecule has 0 spiro atoms. The van der Waals surface area contributed by atoms with E-state index in [-0.39, 0.29) is 18.5 Å². The lowest BCUT2D eigenvalue weighted by Crippen LogP contribution is -2.20. The summed E-state index contributed by atoms with van der Waals surface area (Å²) in [6.45, 7) is -0.153. The van der Waals surface area contributed by atoms with Crippen molar-refractivity contribution in [2.45, 2.75) is 0 Å². The lowest BCUT2D eigenvalue weighted by Gasteiger charge is -2.05. The van der Waals surface area contributed by atoms with Crippen molar-refractivity contribution in [1.29, 1.82) is 0 Å². The van der Waals surface area contributed by atoms with Crippen molar-refractivity contribution in [3.63, 3.8) is 0 Å². The Hall–Kier alpha value is -3.10. The van der Waals surface area contributed by atoms with Crippen LogP contribution in [0.1, 0.15) is 0 Å². The number of anilines is 1. The fraction of sp³-hybridized carbons (Fsp3) is 0.105. The van der Waals surface area contributed by atoms with Crippen LogP contribution in [0.3, 0.4) is 0 Å². The number of amides is 1. The summed E-state index contributed by atoms with van der Waals surface area (Å²) in [6, 6.07) is 14.4. The maximum atomic E-state index is 12.1. The third kappa shape index (κ3) is 3.92. The average Bonchev–Trinajstić information content (AvgIpc) is 3.28. The molecule has 0 radical (unpaired) electrons. The van der Waals surface area contributed by atoms with Crippen molar-refractivity contribution in [3.8, 4) is 22.8 Å². The van der Waals surface area contributed by atoms with Gasteiger partial charge in [0.25, 0.3) is 11.9 Å². The van der Waals surface area contributed by atoms with Crippen molar-refractivity contribution in [2.75, 3.05) is 19.0 Å². The van der Waals surface area contributed by atoms with Crippen LogP contribution in [-0.4, -0.2) is 34.2 Å². The Morgan fingerprint density at radius 1 is 1.14 bits per heavy atom. The fourth-order valence-corrected chi connectivity index (χ4v) is 3.49. The van der Waals surface area contributed by atoms with Gasteiger partial charge in [-0.1, -0.05) is 11.6 Å². The summed E-state index contributed by atoms with van der Waals surface area (Å²) in [6.07, 6.45) is 0. The zero-order chi connectivity index (χ0) is 19.5. The highest BCUT2D eigenvalue weighted by atomic mass is 35.5. The van der Waals surface area contributed by atoms with Gasteiger partial charge >= 0.3 is 0 Å². The minimum atomic E-state index is -0.348. The van der Waals surface area contributed by atoms with Gasteiger partial charge in [-0.05, 0) is 48.5 Å². The number of nitrogens with one attached hydrogen (secondary N) is 1. The predicted molar refractivity (Wildman–Crippen MR) is 108 cm³/mol. The number of rotatable bonds is 6. The molecule has 4 rings (SSSR count). The molecule has 9 heteroatoms. The Balaban J connectivity index is 1.45. The van der Waals surface area contributed by atoms with E-state index in [9.17, 15) is 4.79 Å². The molecule has 0 fully saturated rings. The van der Waals surface area contributed by atoms with Gasteiger partial charge in [-0.2, -0.15) is 4.98 Å². The first-order chi connectivity index (χ1) is 13.6. The molecule has 0 aliphatic heterocycles. The minimum Gasteiger partial charge on any atom is -0.497 e. The van der Waals surface area contributed by atoms with Crippen molar-refractivity contribution in [3.05, 3.63) is 58.9 Å². The number of benzene rings is 2. The van der Waals surface area contributed by atoms with E-state index in [4.69, 9.17) is 21.1 Å². The van der Waals surface area contributed by atoms with Gasteiger partial charge in [-0.25, -0.2) is 4.52 Å². The average molecular weight is 415 g/mol. The van der Waals surface area contributed by atoms with Crippen LogP contribution in [0.25, 0.3) is 16.2 Å². The van der Waals surface area contributed by atoms with Crippen LogP contribution in [-0.2, 0) is 4.79 Å². The Bertz CT molecular complexity index is 1110. The second-order valence-corrected chi connectivity index (χ2v) is 7.04. The first-order valence-electron chi connectivity index (χ1n) is 8.29.